The van der Waals surface area contributed by atoms with Crippen molar-refractivity contribution >= 4 is 17.3 Å². The molecule has 0 N–H and O–H groups in total. The number of ether oxygens (including phenoxy) is 1. The van der Waals surface area contributed by atoms with Crippen LogP contribution < -0.4 is 0 Å². The van der Waals surface area contributed by atoms with Gasteiger partial charge in [0.1, 0.15) is 0 Å². The van der Waals surface area contributed by atoms with Crippen LogP contribution in [-0.4, -0.2) is 17.6 Å². The molecule has 0 spiro atoms. The Morgan fingerprint density at radius 2 is 2.24 bits per heavy atom. The quantitative estimate of drug-likeness (QED) is 0.787. The second kappa shape index (κ2) is 5.48. The summed E-state index contributed by atoms with van der Waals surface area (Å²) in [5, 5.41) is 0.432. The van der Waals surface area contributed by atoms with Crippen molar-refractivity contribution in [1.82, 2.24) is 4.98 Å². The van der Waals surface area contributed by atoms with Crippen molar-refractivity contribution in [2.45, 2.75) is 26.4 Å². The van der Waals surface area contributed by atoms with Gasteiger partial charge in [-0.2, -0.15) is 13.2 Å². The highest BCUT2D eigenvalue weighted by atomic mass is 32.1. The van der Waals surface area contributed by atoms with Gasteiger partial charge in [0.25, 0.3) is 0 Å². The minimum Gasteiger partial charge on any atom is -0.466 e. The molecule has 1 aromatic heterocycles. The van der Waals surface area contributed by atoms with Gasteiger partial charge in [0, 0.05) is 11.8 Å². The van der Waals surface area contributed by atoms with Gasteiger partial charge in [-0.1, -0.05) is 6.92 Å². The Labute approximate surface area is 101 Å². The van der Waals surface area contributed by atoms with Crippen LogP contribution in [0.3, 0.4) is 0 Å². The van der Waals surface area contributed by atoms with Crippen molar-refractivity contribution in [1.29, 1.82) is 0 Å². The Morgan fingerprint density at radius 3 is 2.71 bits per heavy atom. The van der Waals surface area contributed by atoms with Crippen LogP contribution >= 0.6 is 11.3 Å². The highest BCUT2D eigenvalue weighted by Crippen LogP contribution is 2.32. The zero-order valence-corrected chi connectivity index (χ0v) is 10.2. The average Bonchev–Trinajstić information content (AvgIpc) is 2.66. The van der Waals surface area contributed by atoms with E-state index in [1.54, 1.807) is 13.8 Å². The second-order valence-electron chi connectivity index (χ2n) is 3.50. The normalized spacial score (nSPS) is 13.5. The Morgan fingerprint density at radius 1 is 1.59 bits per heavy atom. The smallest absolute Gasteiger partial charge is 0.443 e. The van der Waals surface area contributed by atoms with Crippen molar-refractivity contribution in [2.24, 2.45) is 5.92 Å². The molecule has 1 atom stereocenters. The van der Waals surface area contributed by atoms with E-state index in [1.165, 1.54) is 5.38 Å². The number of hydrogen-bond acceptors (Lipinski definition) is 4. The average molecular weight is 267 g/mol. The van der Waals surface area contributed by atoms with E-state index in [9.17, 15) is 18.0 Å². The molecule has 0 saturated carbocycles. The molecule has 17 heavy (non-hydrogen) atoms. The number of carbonyl (C=O) groups excluding carboxylic acids is 1. The summed E-state index contributed by atoms with van der Waals surface area (Å²) in [6.45, 7) is 3.54. The third-order valence-corrected chi connectivity index (χ3v) is 2.93. The lowest BCUT2D eigenvalue weighted by Crippen LogP contribution is -2.17. The highest BCUT2D eigenvalue weighted by Gasteiger charge is 2.34. The van der Waals surface area contributed by atoms with Gasteiger partial charge < -0.3 is 4.74 Å². The van der Waals surface area contributed by atoms with Gasteiger partial charge >= 0.3 is 12.1 Å². The summed E-state index contributed by atoms with van der Waals surface area (Å²) in [6, 6.07) is 0. The van der Waals surface area contributed by atoms with Gasteiger partial charge in [-0.05, 0) is 6.92 Å². The van der Waals surface area contributed by atoms with E-state index in [4.69, 9.17) is 4.74 Å². The maximum Gasteiger partial charge on any atom is 0.443 e. The summed E-state index contributed by atoms with van der Waals surface area (Å²) in [6.07, 6.45) is -4.26. The third kappa shape index (κ3) is 3.99. The first-order valence-electron chi connectivity index (χ1n) is 5.02. The Kier molecular flexibility index (Phi) is 4.50. The molecule has 0 aliphatic carbocycles. The zero-order chi connectivity index (χ0) is 13.1. The lowest BCUT2D eigenvalue weighted by Gasteiger charge is -2.08. The summed E-state index contributed by atoms with van der Waals surface area (Å²) in [4.78, 5) is 14.7. The number of alkyl halides is 3. The fourth-order valence-electron chi connectivity index (χ4n) is 1.21. The first kappa shape index (κ1) is 14.0. The Bertz CT molecular complexity index is 389. The molecule has 3 nitrogen and oxygen atoms in total. The molecule has 0 bridgehead atoms. The minimum absolute atomic E-state index is 0.158. The molecule has 1 unspecified atom stereocenters. The molecule has 0 aliphatic rings. The molecule has 0 fully saturated rings. The number of halogens is 3. The predicted molar refractivity (Wildman–Crippen MR) is 56.6 cm³/mol. The molecule has 0 aliphatic heterocycles. The molecule has 96 valence electrons. The summed E-state index contributed by atoms with van der Waals surface area (Å²) in [7, 11) is 0. The van der Waals surface area contributed by atoms with Crippen LogP contribution in [0.2, 0.25) is 0 Å². The van der Waals surface area contributed by atoms with Gasteiger partial charge in [0.2, 0.25) is 0 Å². The molecule has 7 heteroatoms. The van der Waals surface area contributed by atoms with Gasteiger partial charge in [0.15, 0.2) is 5.01 Å². The van der Waals surface area contributed by atoms with E-state index < -0.39 is 23.1 Å². The lowest BCUT2D eigenvalue weighted by molar-refractivity contribution is -0.147. The van der Waals surface area contributed by atoms with Crippen molar-refractivity contribution in [3.05, 3.63) is 16.1 Å². The van der Waals surface area contributed by atoms with Crippen molar-refractivity contribution < 1.29 is 22.7 Å². The van der Waals surface area contributed by atoms with Crippen LogP contribution in [0, 0.1) is 5.92 Å². The molecule has 0 radical (unpaired) electrons. The molecule has 1 heterocycles. The summed E-state index contributed by atoms with van der Waals surface area (Å²) < 4.78 is 41.6. The summed E-state index contributed by atoms with van der Waals surface area (Å²) >= 11 is 0.535. The monoisotopic (exact) mass is 267 g/mol. The van der Waals surface area contributed by atoms with Gasteiger partial charge in [-0.3, -0.25) is 4.79 Å². The number of hydrogen-bond donors (Lipinski definition) is 0. The van der Waals surface area contributed by atoms with Crippen LogP contribution in [-0.2, 0) is 22.1 Å². The van der Waals surface area contributed by atoms with Gasteiger partial charge in [0.05, 0.1) is 18.2 Å². The highest BCUT2D eigenvalue weighted by molar-refractivity contribution is 7.09. The topological polar surface area (TPSA) is 39.2 Å². The molecule has 1 rings (SSSR count). The van der Waals surface area contributed by atoms with Crippen LogP contribution in [0.1, 0.15) is 24.5 Å². The Hall–Kier alpha value is -1.11. The third-order valence-electron chi connectivity index (χ3n) is 2.00. The van der Waals surface area contributed by atoms with Crippen molar-refractivity contribution in [3.63, 3.8) is 0 Å². The van der Waals surface area contributed by atoms with Crippen LogP contribution in [0.4, 0.5) is 13.2 Å². The standard InChI is InChI=1S/C10H12F3NO2S/c1-3-16-8(15)6(2)4-7-5-17-9(14-7)10(11,12)13/h5-6H,3-4H2,1-2H3. The van der Waals surface area contributed by atoms with E-state index in [1.807, 2.05) is 0 Å². The molecule has 0 aromatic carbocycles. The fourth-order valence-corrected chi connectivity index (χ4v) is 1.91. The van der Waals surface area contributed by atoms with E-state index >= 15 is 0 Å². The number of thiazole rings is 1. The second-order valence-corrected chi connectivity index (χ2v) is 4.36. The number of esters is 1. The minimum atomic E-state index is -4.42. The van der Waals surface area contributed by atoms with E-state index in [0.29, 0.717) is 11.3 Å². The number of carbonyl (C=O) groups is 1. The van der Waals surface area contributed by atoms with Crippen molar-refractivity contribution in [2.75, 3.05) is 6.61 Å². The SMILES string of the molecule is CCOC(=O)C(C)Cc1csc(C(F)(F)F)n1. The van der Waals surface area contributed by atoms with Gasteiger partial charge in [-0.25, -0.2) is 4.98 Å². The first-order valence-corrected chi connectivity index (χ1v) is 5.90. The molecule has 0 amide bonds. The number of rotatable bonds is 4. The maximum atomic E-state index is 12.3. The molecule has 1 aromatic rings. The Balaban J connectivity index is 2.64. The largest absolute Gasteiger partial charge is 0.466 e. The maximum absolute atomic E-state index is 12.3. The number of nitrogens with zero attached hydrogens (tertiary/aromatic N) is 1. The lowest BCUT2D eigenvalue weighted by atomic mass is 10.1. The fraction of sp³-hybridized carbons (Fsp3) is 0.600. The predicted octanol–water partition coefficient (Wildman–Crippen LogP) is 2.90. The van der Waals surface area contributed by atoms with E-state index in [0.717, 1.165) is 0 Å². The van der Waals surface area contributed by atoms with Crippen LogP contribution in [0.5, 0.6) is 0 Å². The van der Waals surface area contributed by atoms with Crippen molar-refractivity contribution in [3.8, 4) is 0 Å². The summed E-state index contributed by atoms with van der Waals surface area (Å²) in [5.74, 6) is -0.910. The number of aromatic nitrogens is 1. The van der Waals surface area contributed by atoms with Crippen LogP contribution in [0.15, 0.2) is 5.38 Å². The van der Waals surface area contributed by atoms with Gasteiger partial charge in [-0.15, -0.1) is 11.3 Å². The molecular weight excluding hydrogens is 255 g/mol. The van der Waals surface area contributed by atoms with Crippen LogP contribution in [0.25, 0.3) is 0 Å². The van der Waals surface area contributed by atoms with E-state index in [2.05, 4.69) is 4.98 Å². The summed E-state index contributed by atoms with van der Waals surface area (Å²) in [5.41, 5.74) is 0.267. The molecular formula is C10H12F3NO2S. The zero-order valence-electron chi connectivity index (χ0n) is 9.37. The first-order chi connectivity index (χ1) is 7.84. The van der Waals surface area contributed by atoms with E-state index in [-0.39, 0.29) is 18.7 Å². The molecule has 0 saturated heterocycles.